The van der Waals surface area contributed by atoms with E-state index < -0.39 is 0 Å². The fourth-order valence-corrected chi connectivity index (χ4v) is 5.14. The van der Waals surface area contributed by atoms with Crippen molar-refractivity contribution in [2.45, 2.75) is 6.54 Å². The third-order valence-electron chi connectivity index (χ3n) is 6.08. The van der Waals surface area contributed by atoms with Gasteiger partial charge in [-0.25, -0.2) is 4.98 Å². The third-order valence-corrected chi connectivity index (χ3v) is 7.28. The van der Waals surface area contributed by atoms with Gasteiger partial charge in [0, 0.05) is 75.0 Å². The number of rotatable bonds is 7. The summed E-state index contributed by atoms with van der Waals surface area (Å²) in [6.45, 7) is 4.99. The normalized spacial score (nSPS) is 14.9. The second-order valence-electron chi connectivity index (χ2n) is 8.76. The zero-order valence-electron chi connectivity index (χ0n) is 19.7. The van der Waals surface area contributed by atoms with Gasteiger partial charge in [-0.05, 0) is 24.3 Å². The van der Waals surface area contributed by atoms with Crippen LogP contribution in [0.15, 0.2) is 42.7 Å². The lowest BCUT2D eigenvalue weighted by atomic mass is 10.1. The van der Waals surface area contributed by atoms with Crippen molar-refractivity contribution < 1.29 is 4.79 Å². The number of halogens is 1. The number of aromatic amines is 1. The van der Waals surface area contributed by atoms with E-state index in [1.165, 1.54) is 4.88 Å². The molecule has 182 valence electrons. The maximum atomic E-state index is 11.9. The molecule has 0 radical (unpaired) electrons. The number of benzene rings is 1. The van der Waals surface area contributed by atoms with Gasteiger partial charge in [-0.1, -0.05) is 17.7 Å². The highest BCUT2D eigenvalue weighted by molar-refractivity contribution is 7.15. The van der Waals surface area contributed by atoms with Gasteiger partial charge >= 0.3 is 0 Å². The lowest BCUT2D eigenvalue weighted by molar-refractivity contribution is -0.130. The molecule has 3 aromatic heterocycles. The molecular weight excluding hydrogens is 484 g/mol. The van der Waals surface area contributed by atoms with Crippen LogP contribution in [-0.2, 0) is 11.3 Å². The van der Waals surface area contributed by atoms with Crippen molar-refractivity contribution in [2.75, 3.05) is 52.1 Å². The molecule has 5 rings (SSSR count). The summed E-state index contributed by atoms with van der Waals surface area (Å²) in [7, 11) is 3.60. The van der Waals surface area contributed by atoms with Crippen LogP contribution in [0.2, 0.25) is 5.02 Å². The molecule has 0 aliphatic carbocycles. The van der Waals surface area contributed by atoms with Crippen molar-refractivity contribution in [1.82, 2.24) is 34.9 Å². The zero-order valence-corrected chi connectivity index (χ0v) is 21.2. The first kappa shape index (κ1) is 23.7. The fourth-order valence-electron chi connectivity index (χ4n) is 4.05. The van der Waals surface area contributed by atoms with Crippen LogP contribution < -0.4 is 5.32 Å². The molecule has 0 spiro atoms. The number of piperazine rings is 1. The van der Waals surface area contributed by atoms with Crippen LogP contribution >= 0.6 is 22.9 Å². The predicted octanol–water partition coefficient (Wildman–Crippen LogP) is 3.68. The van der Waals surface area contributed by atoms with E-state index in [0.29, 0.717) is 17.4 Å². The van der Waals surface area contributed by atoms with Gasteiger partial charge in [0.2, 0.25) is 5.91 Å². The highest BCUT2D eigenvalue weighted by Gasteiger charge is 2.20. The molecule has 0 atom stereocenters. The van der Waals surface area contributed by atoms with Crippen molar-refractivity contribution in [3.05, 3.63) is 52.6 Å². The van der Waals surface area contributed by atoms with Crippen molar-refractivity contribution in [3.63, 3.8) is 0 Å². The van der Waals surface area contributed by atoms with Crippen LogP contribution in [0.5, 0.6) is 0 Å². The number of nitrogens with zero attached hydrogens (tertiary/aromatic N) is 6. The quantitative estimate of drug-likeness (QED) is 0.391. The first-order chi connectivity index (χ1) is 17.0. The van der Waals surface area contributed by atoms with Crippen molar-refractivity contribution in [3.8, 4) is 11.3 Å². The van der Waals surface area contributed by atoms with E-state index in [1.54, 1.807) is 36.5 Å². The maximum absolute atomic E-state index is 11.9. The van der Waals surface area contributed by atoms with Crippen molar-refractivity contribution in [1.29, 1.82) is 0 Å². The number of likely N-dealkylation sites (N-methyl/N-ethyl adjacent to an activating group) is 1. The average Bonchev–Trinajstić information content (AvgIpc) is 3.47. The molecule has 0 bridgehead atoms. The van der Waals surface area contributed by atoms with E-state index in [4.69, 9.17) is 11.6 Å². The third kappa shape index (κ3) is 5.46. The van der Waals surface area contributed by atoms with Crippen molar-refractivity contribution >= 4 is 50.7 Å². The topological polar surface area (TPSA) is 93.3 Å². The van der Waals surface area contributed by atoms with E-state index in [9.17, 15) is 4.79 Å². The van der Waals surface area contributed by atoms with Crippen LogP contribution in [0.3, 0.4) is 0 Å². The predicted molar refractivity (Wildman–Crippen MR) is 140 cm³/mol. The number of thiazole rings is 1. The summed E-state index contributed by atoms with van der Waals surface area (Å²) in [6.07, 6.45) is 3.66. The Kier molecular flexibility index (Phi) is 6.96. The number of pyridine rings is 1. The molecule has 2 N–H and O–H groups in total. The first-order valence-corrected chi connectivity index (χ1v) is 12.6. The molecule has 1 aliphatic rings. The SMILES string of the molecule is CN(C)C(=O)CN1CCN(Cc2cnc(Nc3n[nH]c4ccc(-c5ncccc5Cl)cc34)s2)CC1. The molecule has 11 heteroatoms. The number of hydrogen-bond acceptors (Lipinski definition) is 8. The smallest absolute Gasteiger partial charge is 0.236 e. The Hall–Kier alpha value is -3.05. The molecule has 4 heterocycles. The number of amides is 1. The van der Waals surface area contributed by atoms with E-state index in [2.05, 4.69) is 35.3 Å². The minimum Gasteiger partial charge on any atom is -0.348 e. The Bertz CT molecular complexity index is 1330. The summed E-state index contributed by atoms with van der Waals surface area (Å²) in [6, 6.07) is 9.65. The van der Waals surface area contributed by atoms with E-state index in [1.807, 2.05) is 36.5 Å². The molecule has 1 fully saturated rings. The summed E-state index contributed by atoms with van der Waals surface area (Å²) in [5.74, 6) is 0.867. The highest BCUT2D eigenvalue weighted by atomic mass is 35.5. The van der Waals surface area contributed by atoms with Gasteiger partial charge in [0.25, 0.3) is 0 Å². The van der Waals surface area contributed by atoms with Crippen molar-refractivity contribution in [2.24, 2.45) is 0 Å². The minimum atomic E-state index is 0.151. The second-order valence-corrected chi connectivity index (χ2v) is 10.3. The van der Waals surface area contributed by atoms with E-state index >= 15 is 0 Å². The second kappa shape index (κ2) is 10.3. The summed E-state index contributed by atoms with van der Waals surface area (Å²) in [5.41, 5.74) is 2.59. The molecule has 1 amide bonds. The Labute approximate surface area is 212 Å². The standard InChI is InChI=1S/C24H27ClN8OS/c1-31(2)21(34)15-33-10-8-32(9-11-33)14-17-13-27-24(35-17)28-23-18-12-16(5-6-20(18)29-30-23)22-19(25)4-3-7-26-22/h3-7,12-13H,8-11,14-15H2,1-2H3,(H2,27,28,29,30). The summed E-state index contributed by atoms with van der Waals surface area (Å²) in [5, 5.41) is 13.2. The van der Waals surface area contributed by atoms with E-state index in [0.717, 1.165) is 60.0 Å². The first-order valence-electron chi connectivity index (χ1n) is 11.4. The van der Waals surface area contributed by atoms with Gasteiger partial charge in [0.1, 0.15) is 0 Å². The molecular formula is C24H27ClN8OS. The van der Waals surface area contributed by atoms with Gasteiger partial charge in [-0.2, -0.15) is 5.10 Å². The van der Waals surface area contributed by atoms with Crippen LogP contribution in [0.25, 0.3) is 22.2 Å². The lowest BCUT2D eigenvalue weighted by Crippen LogP contribution is -2.48. The van der Waals surface area contributed by atoms with Gasteiger partial charge in [0.05, 0.1) is 22.8 Å². The molecule has 0 unspecified atom stereocenters. The van der Waals surface area contributed by atoms with Crippen LogP contribution in [0.4, 0.5) is 10.9 Å². The minimum absolute atomic E-state index is 0.151. The number of H-pyrrole nitrogens is 1. The molecule has 0 saturated carbocycles. The van der Waals surface area contributed by atoms with Gasteiger partial charge in [-0.3, -0.25) is 24.7 Å². The molecule has 9 nitrogen and oxygen atoms in total. The van der Waals surface area contributed by atoms with E-state index in [-0.39, 0.29) is 5.91 Å². The average molecular weight is 511 g/mol. The number of aromatic nitrogens is 4. The summed E-state index contributed by atoms with van der Waals surface area (Å²) in [4.78, 5) is 28.4. The zero-order chi connectivity index (χ0) is 24.4. The van der Waals surface area contributed by atoms with Gasteiger partial charge < -0.3 is 10.2 Å². The molecule has 1 saturated heterocycles. The fraction of sp³-hybridized carbons (Fsp3) is 0.333. The van der Waals surface area contributed by atoms with Gasteiger partial charge in [0.15, 0.2) is 10.9 Å². The van der Waals surface area contributed by atoms with Crippen LogP contribution in [-0.4, -0.2) is 87.6 Å². The Morgan fingerprint density at radius 2 is 1.97 bits per heavy atom. The van der Waals surface area contributed by atoms with Crippen LogP contribution in [0.1, 0.15) is 4.88 Å². The maximum Gasteiger partial charge on any atom is 0.236 e. The molecule has 1 aliphatic heterocycles. The number of carbonyl (C=O) groups is 1. The number of fused-ring (bicyclic) bond motifs is 1. The summed E-state index contributed by atoms with van der Waals surface area (Å²) >= 11 is 7.97. The molecule has 4 aromatic rings. The lowest BCUT2D eigenvalue weighted by Gasteiger charge is -2.34. The number of anilines is 2. The number of nitrogens with one attached hydrogen (secondary N) is 2. The summed E-state index contributed by atoms with van der Waals surface area (Å²) < 4.78 is 0. The Balaban J connectivity index is 1.22. The Morgan fingerprint density at radius 3 is 2.74 bits per heavy atom. The number of hydrogen-bond donors (Lipinski definition) is 2. The molecule has 35 heavy (non-hydrogen) atoms. The highest BCUT2D eigenvalue weighted by Crippen LogP contribution is 2.32. The number of carbonyl (C=O) groups excluding carboxylic acids is 1. The monoisotopic (exact) mass is 510 g/mol. The Morgan fingerprint density at radius 1 is 1.17 bits per heavy atom. The molecule has 1 aromatic carbocycles. The largest absolute Gasteiger partial charge is 0.348 e. The van der Waals surface area contributed by atoms with Crippen LogP contribution in [0, 0.1) is 0 Å². The van der Waals surface area contributed by atoms with Gasteiger partial charge in [-0.15, -0.1) is 11.3 Å².